The van der Waals surface area contributed by atoms with E-state index in [0.29, 0.717) is 0 Å². The molecule has 0 aliphatic carbocycles. The zero-order valence-corrected chi connectivity index (χ0v) is 9.28. The van der Waals surface area contributed by atoms with Crippen molar-refractivity contribution >= 4 is 0 Å². The normalized spacial score (nSPS) is 12.3. The van der Waals surface area contributed by atoms with Gasteiger partial charge >= 0.3 is 0 Å². The molecule has 13 heavy (non-hydrogen) atoms. The van der Waals surface area contributed by atoms with Gasteiger partial charge in [0.1, 0.15) is 0 Å². The summed E-state index contributed by atoms with van der Waals surface area (Å²) in [4.78, 5) is 0. The summed E-state index contributed by atoms with van der Waals surface area (Å²) in [5, 5.41) is 0. The summed E-state index contributed by atoms with van der Waals surface area (Å²) >= 11 is 0. The van der Waals surface area contributed by atoms with Crippen LogP contribution in [0.2, 0.25) is 0 Å². The van der Waals surface area contributed by atoms with Crippen LogP contribution in [-0.4, -0.2) is 0 Å². The van der Waals surface area contributed by atoms with Gasteiger partial charge in [-0.25, -0.2) is 0 Å². The third-order valence-electron chi connectivity index (χ3n) is 1.87. The molecule has 0 heterocycles. The van der Waals surface area contributed by atoms with Gasteiger partial charge in [-0.15, -0.1) is 5.92 Å². The first-order chi connectivity index (χ1) is 6.26. The van der Waals surface area contributed by atoms with Crippen LogP contribution in [0.5, 0.6) is 0 Å². The first-order valence-electron chi connectivity index (χ1n) is 5.05. The lowest BCUT2D eigenvalue weighted by Crippen LogP contribution is -1.83. The lowest BCUT2D eigenvalue weighted by Gasteiger charge is -2.01. The second-order valence-corrected chi connectivity index (χ2v) is 3.09. The van der Waals surface area contributed by atoms with E-state index in [1.54, 1.807) is 0 Å². The highest BCUT2D eigenvalue weighted by atomic mass is 14.0. The van der Waals surface area contributed by atoms with Crippen LogP contribution >= 0.6 is 0 Å². The van der Waals surface area contributed by atoms with Gasteiger partial charge in [0.15, 0.2) is 0 Å². The van der Waals surface area contributed by atoms with E-state index in [4.69, 9.17) is 0 Å². The minimum absolute atomic E-state index is 1.10. The van der Waals surface area contributed by atoms with Crippen LogP contribution in [-0.2, 0) is 0 Å². The van der Waals surface area contributed by atoms with Gasteiger partial charge < -0.3 is 0 Å². The first kappa shape index (κ1) is 12.0. The summed E-state index contributed by atoms with van der Waals surface area (Å²) in [7, 11) is 0. The van der Waals surface area contributed by atoms with Crippen molar-refractivity contribution in [3.8, 4) is 11.8 Å². The predicted molar refractivity (Wildman–Crippen MR) is 60.5 cm³/mol. The quantitative estimate of drug-likeness (QED) is 0.447. The van der Waals surface area contributed by atoms with Crippen molar-refractivity contribution in [1.82, 2.24) is 0 Å². The molecule has 0 aromatic heterocycles. The van der Waals surface area contributed by atoms with Crippen LogP contribution < -0.4 is 0 Å². The van der Waals surface area contributed by atoms with Crippen molar-refractivity contribution in [2.45, 2.75) is 47.0 Å². The topological polar surface area (TPSA) is 0 Å². The second kappa shape index (κ2) is 7.68. The molecule has 0 unspecified atom stereocenters. The molecule has 0 nitrogen and oxygen atoms in total. The molecular formula is C13H20. The van der Waals surface area contributed by atoms with Crippen molar-refractivity contribution in [2.75, 3.05) is 0 Å². The van der Waals surface area contributed by atoms with Gasteiger partial charge in [-0.2, -0.15) is 0 Å². The van der Waals surface area contributed by atoms with Crippen molar-refractivity contribution < 1.29 is 0 Å². The van der Waals surface area contributed by atoms with Crippen molar-refractivity contribution in [2.24, 2.45) is 0 Å². The monoisotopic (exact) mass is 176 g/mol. The summed E-state index contributed by atoms with van der Waals surface area (Å²) in [6.07, 6.45) is 7.83. The van der Waals surface area contributed by atoms with E-state index in [1.165, 1.54) is 17.6 Å². The van der Waals surface area contributed by atoms with E-state index in [1.807, 2.05) is 6.92 Å². The third-order valence-corrected chi connectivity index (χ3v) is 1.87. The zero-order valence-electron chi connectivity index (χ0n) is 9.28. The summed E-state index contributed by atoms with van der Waals surface area (Å²) in [5.74, 6) is 6.06. The van der Waals surface area contributed by atoms with E-state index in [0.717, 1.165) is 12.8 Å². The van der Waals surface area contributed by atoms with Gasteiger partial charge in [-0.1, -0.05) is 38.3 Å². The maximum Gasteiger partial charge on any atom is 0.00210 e. The van der Waals surface area contributed by atoms with Crippen LogP contribution in [0.4, 0.5) is 0 Å². The van der Waals surface area contributed by atoms with Crippen LogP contribution in [0.1, 0.15) is 47.0 Å². The molecule has 0 N–H and O–H groups in total. The number of allylic oxidation sites excluding steroid dienone is 4. The lowest BCUT2D eigenvalue weighted by atomic mass is 10.0. The molecule has 72 valence electrons. The van der Waals surface area contributed by atoms with Gasteiger partial charge in [-0.05, 0) is 32.3 Å². The molecule has 0 aliphatic rings. The Hall–Kier alpha value is -0.960. The number of hydrogen-bond donors (Lipinski definition) is 0. The van der Waals surface area contributed by atoms with Crippen LogP contribution in [0.3, 0.4) is 0 Å². The maximum absolute atomic E-state index is 3.12. The molecule has 0 spiro atoms. The first-order valence-corrected chi connectivity index (χ1v) is 5.05. The van der Waals surface area contributed by atoms with Crippen LogP contribution in [0.15, 0.2) is 23.3 Å². The summed E-state index contributed by atoms with van der Waals surface area (Å²) < 4.78 is 0. The number of rotatable bonds is 4. The molecule has 0 aromatic rings. The molecule has 0 saturated carbocycles. The second-order valence-electron chi connectivity index (χ2n) is 3.09. The Morgan fingerprint density at radius 2 is 2.00 bits per heavy atom. The number of hydrogen-bond acceptors (Lipinski definition) is 0. The Balaban J connectivity index is 4.62. The summed E-state index contributed by atoms with van der Waals surface area (Å²) in [6.45, 7) is 8.34. The van der Waals surface area contributed by atoms with Crippen LogP contribution in [0, 0.1) is 11.8 Å². The van der Waals surface area contributed by atoms with Crippen molar-refractivity contribution in [1.29, 1.82) is 0 Å². The molecule has 0 fully saturated rings. The predicted octanol–water partition coefficient (Wildman–Crippen LogP) is 4.09. The molecule has 0 amide bonds. The highest BCUT2D eigenvalue weighted by Crippen LogP contribution is 2.12. The highest BCUT2D eigenvalue weighted by molar-refractivity contribution is 5.36. The third kappa shape index (κ3) is 5.31. The molecular weight excluding hydrogens is 156 g/mol. The largest absolute Gasteiger partial charge is 0.102 e. The standard InChI is InChI=1S/C13H20/c1-5-8-11-13(10-7-3)12(4)9-6-2/h8,11H,5,7,10H2,1-4H3. The highest BCUT2D eigenvalue weighted by Gasteiger charge is 1.94. The molecule has 0 aromatic carbocycles. The summed E-state index contributed by atoms with van der Waals surface area (Å²) in [6, 6.07) is 0. The molecule has 0 aliphatic heterocycles. The van der Waals surface area contributed by atoms with Crippen LogP contribution in [0.25, 0.3) is 0 Å². The minimum atomic E-state index is 1.10. The fourth-order valence-corrected chi connectivity index (χ4v) is 1.19. The molecule has 0 bridgehead atoms. The molecule has 0 atom stereocenters. The summed E-state index contributed by atoms with van der Waals surface area (Å²) in [5.41, 5.74) is 2.60. The van der Waals surface area contributed by atoms with Crippen molar-refractivity contribution in [3.05, 3.63) is 23.3 Å². The molecule has 0 radical (unpaired) electrons. The Kier molecular flexibility index (Phi) is 7.11. The molecule has 0 rings (SSSR count). The Bertz CT molecular complexity index is 243. The van der Waals surface area contributed by atoms with Gasteiger partial charge in [0.25, 0.3) is 0 Å². The fourth-order valence-electron chi connectivity index (χ4n) is 1.19. The zero-order chi connectivity index (χ0) is 10.1. The average Bonchev–Trinajstić information content (AvgIpc) is 2.12. The molecule has 0 saturated heterocycles. The van der Waals surface area contributed by atoms with E-state index in [-0.39, 0.29) is 0 Å². The van der Waals surface area contributed by atoms with Crippen molar-refractivity contribution in [3.63, 3.8) is 0 Å². The smallest absolute Gasteiger partial charge is 0.00210 e. The van der Waals surface area contributed by atoms with Gasteiger partial charge in [0.2, 0.25) is 0 Å². The van der Waals surface area contributed by atoms with E-state index in [2.05, 4.69) is 44.8 Å². The fraction of sp³-hybridized carbons (Fsp3) is 0.538. The van der Waals surface area contributed by atoms with E-state index < -0.39 is 0 Å². The van der Waals surface area contributed by atoms with Gasteiger partial charge in [0, 0.05) is 5.57 Å². The average molecular weight is 176 g/mol. The lowest BCUT2D eigenvalue weighted by molar-refractivity contribution is 0.917. The van der Waals surface area contributed by atoms with E-state index in [9.17, 15) is 0 Å². The Labute approximate surface area is 82.7 Å². The SMILES string of the molecule is CC#CC(C)=C(C=CCC)CCC. The molecule has 0 heteroatoms. The Morgan fingerprint density at radius 3 is 2.46 bits per heavy atom. The Morgan fingerprint density at radius 1 is 1.31 bits per heavy atom. The van der Waals surface area contributed by atoms with Gasteiger partial charge in [0.05, 0.1) is 0 Å². The van der Waals surface area contributed by atoms with Gasteiger partial charge in [-0.3, -0.25) is 0 Å². The van der Waals surface area contributed by atoms with E-state index >= 15 is 0 Å². The minimum Gasteiger partial charge on any atom is -0.102 e. The maximum atomic E-state index is 3.12.